The van der Waals surface area contributed by atoms with Crippen LogP contribution in [-0.4, -0.2) is 17.0 Å². The van der Waals surface area contributed by atoms with Gasteiger partial charge < -0.3 is 10.1 Å². The molecule has 3 aromatic rings. The second-order valence-electron chi connectivity index (χ2n) is 5.51. The summed E-state index contributed by atoms with van der Waals surface area (Å²) in [4.78, 5) is 14.5. The van der Waals surface area contributed by atoms with Gasteiger partial charge in [-0.1, -0.05) is 12.1 Å². The van der Waals surface area contributed by atoms with E-state index in [2.05, 4.69) is 10.3 Å². The van der Waals surface area contributed by atoms with E-state index in [1.54, 1.807) is 7.11 Å². The summed E-state index contributed by atoms with van der Waals surface area (Å²) in [5.74, 6) is -0.231. The number of methoxy groups -OCH3 is 1. The first-order valence-corrected chi connectivity index (χ1v) is 8.81. The Hall–Kier alpha value is -3.77. The van der Waals surface area contributed by atoms with Crippen molar-refractivity contribution in [2.75, 3.05) is 12.4 Å². The Kier molecular flexibility index (Phi) is 5.62. The molecule has 0 atom stereocenters. The van der Waals surface area contributed by atoms with Crippen LogP contribution in [0, 0.1) is 27.3 Å². The number of nitro groups is 1. The third kappa shape index (κ3) is 4.13. The normalized spacial score (nSPS) is 11.0. The second kappa shape index (κ2) is 8.28. The lowest BCUT2D eigenvalue weighted by Gasteiger charge is -2.02. The Balaban J connectivity index is 1.84. The van der Waals surface area contributed by atoms with E-state index in [1.165, 1.54) is 23.6 Å². The predicted octanol–water partition coefficient (Wildman–Crippen LogP) is 4.84. The molecule has 0 saturated heterocycles. The van der Waals surface area contributed by atoms with Gasteiger partial charge in [-0.15, -0.1) is 11.3 Å². The van der Waals surface area contributed by atoms with Crippen molar-refractivity contribution < 1.29 is 14.1 Å². The molecule has 140 valence electrons. The zero-order valence-corrected chi connectivity index (χ0v) is 15.4. The van der Waals surface area contributed by atoms with Crippen LogP contribution in [0.5, 0.6) is 5.75 Å². The summed E-state index contributed by atoms with van der Waals surface area (Å²) < 4.78 is 18.6. The minimum Gasteiger partial charge on any atom is -0.497 e. The third-order valence-electron chi connectivity index (χ3n) is 3.75. The molecule has 0 fully saturated rings. The highest BCUT2D eigenvalue weighted by molar-refractivity contribution is 7.11. The number of benzene rings is 2. The number of aromatic nitrogens is 1. The fraction of sp³-hybridized carbons (Fsp3) is 0.0526. The summed E-state index contributed by atoms with van der Waals surface area (Å²) in [5, 5.41) is 25.3. The van der Waals surface area contributed by atoms with Crippen LogP contribution in [0.15, 0.2) is 54.0 Å². The lowest BCUT2D eigenvalue weighted by Crippen LogP contribution is -1.96. The van der Waals surface area contributed by atoms with Crippen LogP contribution in [0.4, 0.5) is 15.8 Å². The van der Waals surface area contributed by atoms with E-state index in [-0.39, 0.29) is 11.3 Å². The zero-order valence-electron chi connectivity index (χ0n) is 14.5. The van der Waals surface area contributed by atoms with E-state index in [4.69, 9.17) is 4.74 Å². The first-order valence-electron chi connectivity index (χ1n) is 7.93. The van der Waals surface area contributed by atoms with Gasteiger partial charge in [0.05, 0.1) is 17.7 Å². The number of nitro benzene ring substituents is 1. The SMILES string of the molecule is COc1cccc(-c2csc(/C(C#N)=C/Nc3ccc(F)c([N+](=O)[O-])c3)n2)c1. The molecule has 9 heteroatoms. The van der Waals surface area contributed by atoms with Crippen LogP contribution < -0.4 is 10.1 Å². The average molecular weight is 396 g/mol. The highest BCUT2D eigenvalue weighted by Gasteiger charge is 2.14. The quantitative estimate of drug-likeness (QED) is 0.363. The number of nitrogens with one attached hydrogen (secondary N) is 1. The van der Waals surface area contributed by atoms with Gasteiger partial charge in [0.15, 0.2) is 0 Å². The molecule has 1 N–H and O–H groups in total. The topological polar surface area (TPSA) is 101 Å². The van der Waals surface area contributed by atoms with Gasteiger partial charge in [-0.2, -0.15) is 9.65 Å². The van der Waals surface area contributed by atoms with Crippen molar-refractivity contribution in [1.82, 2.24) is 4.98 Å². The van der Waals surface area contributed by atoms with Gasteiger partial charge >= 0.3 is 5.69 Å². The van der Waals surface area contributed by atoms with Crippen molar-refractivity contribution in [1.29, 1.82) is 5.26 Å². The van der Waals surface area contributed by atoms with Gasteiger partial charge in [-0.3, -0.25) is 10.1 Å². The van der Waals surface area contributed by atoms with Crippen LogP contribution in [-0.2, 0) is 0 Å². The third-order valence-corrected chi connectivity index (χ3v) is 4.62. The molecular weight excluding hydrogens is 383 g/mol. The van der Waals surface area contributed by atoms with Gasteiger partial charge in [-0.05, 0) is 24.3 Å². The highest BCUT2D eigenvalue weighted by atomic mass is 32.1. The van der Waals surface area contributed by atoms with Crippen molar-refractivity contribution in [3.05, 3.63) is 75.0 Å². The molecule has 0 aliphatic carbocycles. The van der Waals surface area contributed by atoms with E-state index < -0.39 is 16.4 Å². The van der Waals surface area contributed by atoms with Crippen molar-refractivity contribution >= 4 is 28.3 Å². The van der Waals surface area contributed by atoms with Crippen molar-refractivity contribution in [3.63, 3.8) is 0 Å². The molecule has 0 amide bonds. The molecule has 1 aromatic heterocycles. The number of anilines is 1. The first kappa shape index (κ1) is 19.0. The highest BCUT2D eigenvalue weighted by Crippen LogP contribution is 2.28. The van der Waals surface area contributed by atoms with E-state index >= 15 is 0 Å². The number of thiazole rings is 1. The number of hydrogen-bond acceptors (Lipinski definition) is 7. The minimum absolute atomic E-state index is 0.242. The smallest absolute Gasteiger partial charge is 0.306 e. The Bertz CT molecular complexity index is 1100. The summed E-state index contributed by atoms with van der Waals surface area (Å²) >= 11 is 1.29. The number of hydrogen-bond donors (Lipinski definition) is 1. The fourth-order valence-corrected chi connectivity index (χ4v) is 3.15. The lowest BCUT2D eigenvalue weighted by atomic mass is 10.1. The van der Waals surface area contributed by atoms with Crippen LogP contribution in [0.2, 0.25) is 0 Å². The van der Waals surface area contributed by atoms with Crippen molar-refractivity contribution in [3.8, 4) is 23.1 Å². The zero-order chi connectivity index (χ0) is 20.1. The van der Waals surface area contributed by atoms with E-state index in [0.717, 1.165) is 17.7 Å². The maximum atomic E-state index is 13.4. The van der Waals surface area contributed by atoms with E-state index in [1.807, 2.05) is 35.7 Å². The molecule has 0 aliphatic heterocycles. The summed E-state index contributed by atoms with van der Waals surface area (Å²) in [7, 11) is 1.58. The maximum absolute atomic E-state index is 13.4. The van der Waals surface area contributed by atoms with Gasteiger partial charge in [0.2, 0.25) is 5.82 Å². The van der Waals surface area contributed by atoms with Crippen LogP contribution in [0.3, 0.4) is 0 Å². The number of ether oxygens (including phenoxy) is 1. The molecule has 0 unspecified atom stereocenters. The molecule has 0 saturated carbocycles. The van der Waals surface area contributed by atoms with E-state index in [9.17, 15) is 19.8 Å². The standard InChI is InChI=1S/C19H13FN4O3S/c1-27-15-4-2-3-12(7-15)17-11-28-19(23-17)13(9-21)10-22-14-5-6-16(20)18(8-14)24(25)26/h2-8,10-11,22H,1H3/b13-10+. The summed E-state index contributed by atoms with van der Waals surface area (Å²) in [5.41, 5.74) is 1.42. The lowest BCUT2D eigenvalue weighted by molar-refractivity contribution is -0.387. The van der Waals surface area contributed by atoms with E-state index in [0.29, 0.717) is 16.5 Å². The molecule has 0 aliphatic rings. The largest absolute Gasteiger partial charge is 0.497 e. The van der Waals surface area contributed by atoms with Crippen molar-refractivity contribution in [2.45, 2.75) is 0 Å². The summed E-state index contributed by atoms with van der Waals surface area (Å²) in [6, 6.07) is 12.8. The monoisotopic (exact) mass is 396 g/mol. The van der Waals surface area contributed by atoms with Gasteiger partial charge in [0.1, 0.15) is 22.4 Å². The van der Waals surface area contributed by atoms with Gasteiger partial charge in [0.25, 0.3) is 0 Å². The molecule has 2 aromatic carbocycles. The Morgan fingerprint density at radius 3 is 2.93 bits per heavy atom. The van der Waals surface area contributed by atoms with Gasteiger partial charge in [0, 0.05) is 28.9 Å². The van der Waals surface area contributed by atoms with Crippen LogP contribution >= 0.6 is 11.3 Å². The predicted molar refractivity (Wildman–Crippen MR) is 104 cm³/mol. The summed E-state index contributed by atoms with van der Waals surface area (Å²) in [6.07, 6.45) is 1.38. The maximum Gasteiger partial charge on any atom is 0.306 e. The molecule has 0 bridgehead atoms. The molecule has 0 radical (unpaired) electrons. The number of allylic oxidation sites excluding steroid dienone is 1. The van der Waals surface area contributed by atoms with Gasteiger partial charge in [-0.25, -0.2) is 4.98 Å². The second-order valence-corrected chi connectivity index (χ2v) is 6.37. The molecular formula is C19H13FN4O3S. The number of nitrogens with zero attached hydrogens (tertiary/aromatic N) is 3. The fourth-order valence-electron chi connectivity index (χ4n) is 2.35. The van der Waals surface area contributed by atoms with Crippen LogP contribution in [0.1, 0.15) is 5.01 Å². The van der Waals surface area contributed by atoms with Crippen LogP contribution in [0.25, 0.3) is 16.8 Å². The molecule has 0 spiro atoms. The molecule has 28 heavy (non-hydrogen) atoms. The Labute approximate surface area is 163 Å². The first-order chi connectivity index (χ1) is 13.5. The molecule has 1 heterocycles. The Morgan fingerprint density at radius 1 is 1.39 bits per heavy atom. The number of nitriles is 1. The Morgan fingerprint density at radius 2 is 2.21 bits per heavy atom. The van der Waals surface area contributed by atoms with Crippen molar-refractivity contribution in [2.24, 2.45) is 0 Å². The number of halogens is 1. The number of rotatable bonds is 6. The minimum atomic E-state index is -0.928. The molecule has 7 nitrogen and oxygen atoms in total. The summed E-state index contributed by atoms with van der Waals surface area (Å²) in [6.45, 7) is 0. The average Bonchev–Trinajstić information content (AvgIpc) is 3.19. The molecule has 3 rings (SSSR count).